The Morgan fingerprint density at radius 2 is 2.04 bits per heavy atom. The van der Waals surface area contributed by atoms with Crippen molar-refractivity contribution in [1.29, 1.82) is 0 Å². The smallest absolute Gasteiger partial charge is 0.223 e. The normalized spacial score (nSPS) is 16.0. The SMILES string of the molecule is CNc1ncc(CN(C)C(=O)C[C@@H]2CCc3ccccc32)cn1. The van der Waals surface area contributed by atoms with E-state index in [0.29, 0.717) is 24.8 Å². The van der Waals surface area contributed by atoms with Crippen LogP contribution in [0.1, 0.15) is 35.4 Å². The third-order valence-corrected chi connectivity index (χ3v) is 4.45. The molecule has 120 valence electrons. The molecule has 1 aromatic heterocycles. The first-order valence-corrected chi connectivity index (χ1v) is 7.98. The van der Waals surface area contributed by atoms with Crippen LogP contribution in [-0.4, -0.2) is 34.9 Å². The molecule has 5 nitrogen and oxygen atoms in total. The Kier molecular flexibility index (Phi) is 4.55. The lowest BCUT2D eigenvalue weighted by molar-refractivity contribution is -0.130. The Balaban J connectivity index is 1.59. The molecule has 0 fully saturated rings. The number of amides is 1. The first-order valence-electron chi connectivity index (χ1n) is 7.98. The maximum Gasteiger partial charge on any atom is 0.223 e. The molecule has 0 radical (unpaired) electrons. The molecule has 1 aromatic carbocycles. The Morgan fingerprint density at radius 3 is 2.78 bits per heavy atom. The van der Waals surface area contributed by atoms with Crippen molar-refractivity contribution in [3.05, 3.63) is 53.3 Å². The van der Waals surface area contributed by atoms with Gasteiger partial charge >= 0.3 is 0 Å². The van der Waals surface area contributed by atoms with Gasteiger partial charge < -0.3 is 10.2 Å². The van der Waals surface area contributed by atoms with Crippen LogP contribution < -0.4 is 5.32 Å². The van der Waals surface area contributed by atoms with Gasteiger partial charge in [-0.25, -0.2) is 9.97 Å². The van der Waals surface area contributed by atoms with E-state index in [9.17, 15) is 4.79 Å². The van der Waals surface area contributed by atoms with Gasteiger partial charge in [-0.15, -0.1) is 0 Å². The zero-order chi connectivity index (χ0) is 16.2. The van der Waals surface area contributed by atoms with Gasteiger partial charge in [-0.1, -0.05) is 24.3 Å². The highest BCUT2D eigenvalue weighted by Crippen LogP contribution is 2.35. The Morgan fingerprint density at radius 1 is 1.30 bits per heavy atom. The van der Waals surface area contributed by atoms with Gasteiger partial charge in [-0.05, 0) is 29.9 Å². The number of nitrogens with zero attached hydrogens (tertiary/aromatic N) is 3. The van der Waals surface area contributed by atoms with Crippen molar-refractivity contribution in [2.24, 2.45) is 0 Å². The topological polar surface area (TPSA) is 58.1 Å². The van der Waals surface area contributed by atoms with Crippen molar-refractivity contribution >= 4 is 11.9 Å². The Labute approximate surface area is 136 Å². The molecular weight excluding hydrogens is 288 g/mol. The van der Waals surface area contributed by atoms with E-state index in [1.807, 2.05) is 7.05 Å². The van der Waals surface area contributed by atoms with Crippen LogP contribution in [0, 0.1) is 0 Å². The summed E-state index contributed by atoms with van der Waals surface area (Å²) in [6.45, 7) is 0.539. The molecule has 1 N–H and O–H groups in total. The molecule has 1 aliphatic rings. The summed E-state index contributed by atoms with van der Waals surface area (Å²) in [5.41, 5.74) is 3.67. The van der Waals surface area contributed by atoms with Gasteiger partial charge in [0.1, 0.15) is 0 Å². The van der Waals surface area contributed by atoms with Crippen LogP contribution >= 0.6 is 0 Å². The van der Waals surface area contributed by atoms with Crippen LogP contribution in [-0.2, 0) is 17.8 Å². The second-order valence-electron chi connectivity index (χ2n) is 6.05. The highest BCUT2D eigenvalue weighted by molar-refractivity contribution is 5.77. The van der Waals surface area contributed by atoms with Crippen molar-refractivity contribution in [2.75, 3.05) is 19.4 Å². The van der Waals surface area contributed by atoms with Gasteiger partial charge in [-0.2, -0.15) is 0 Å². The van der Waals surface area contributed by atoms with E-state index < -0.39 is 0 Å². The number of hydrogen-bond donors (Lipinski definition) is 1. The van der Waals surface area contributed by atoms with Gasteiger partial charge in [0.15, 0.2) is 0 Å². The molecular formula is C18H22N4O. The lowest BCUT2D eigenvalue weighted by Gasteiger charge is -2.20. The van der Waals surface area contributed by atoms with E-state index in [-0.39, 0.29) is 5.91 Å². The second kappa shape index (κ2) is 6.77. The molecule has 0 bridgehead atoms. The van der Waals surface area contributed by atoms with E-state index in [1.165, 1.54) is 11.1 Å². The molecule has 2 aromatic rings. The first kappa shape index (κ1) is 15.5. The Bertz CT molecular complexity index is 684. The molecule has 3 rings (SSSR count). The average molecular weight is 310 g/mol. The lowest BCUT2D eigenvalue weighted by atomic mass is 9.97. The summed E-state index contributed by atoms with van der Waals surface area (Å²) in [5.74, 6) is 1.11. The summed E-state index contributed by atoms with van der Waals surface area (Å²) in [6, 6.07) is 8.46. The highest BCUT2D eigenvalue weighted by atomic mass is 16.2. The van der Waals surface area contributed by atoms with Crippen LogP contribution in [0.4, 0.5) is 5.95 Å². The summed E-state index contributed by atoms with van der Waals surface area (Å²) in [5, 5.41) is 2.89. The number of hydrogen-bond acceptors (Lipinski definition) is 4. The summed E-state index contributed by atoms with van der Waals surface area (Å²) in [6.07, 6.45) is 6.24. The average Bonchev–Trinajstić information content (AvgIpc) is 2.98. The van der Waals surface area contributed by atoms with Crippen molar-refractivity contribution in [2.45, 2.75) is 31.7 Å². The fourth-order valence-electron chi connectivity index (χ4n) is 3.15. The van der Waals surface area contributed by atoms with E-state index in [1.54, 1.807) is 24.3 Å². The van der Waals surface area contributed by atoms with Crippen LogP contribution in [0.3, 0.4) is 0 Å². The van der Waals surface area contributed by atoms with E-state index >= 15 is 0 Å². The minimum absolute atomic E-state index is 0.171. The fourth-order valence-corrected chi connectivity index (χ4v) is 3.15. The number of carbonyl (C=O) groups is 1. The fraction of sp³-hybridized carbons (Fsp3) is 0.389. The molecule has 1 amide bonds. The third kappa shape index (κ3) is 3.50. The van der Waals surface area contributed by atoms with Crippen molar-refractivity contribution in [1.82, 2.24) is 14.9 Å². The molecule has 0 saturated heterocycles. The first-order chi connectivity index (χ1) is 11.2. The lowest BCUT2D eigenvalue weighted by Crippen LogP contribution is -2.27. The van der Waals surface area contributed by atoms with Gasteiger partial charge in [0.2, 0.25) is 11.9 Å². The molecule has 0 saturated carbocycles. The summed E-state index contributed by atoms with van der Waals surface area (Å²) in [4.78, 5) is 22.6. The molecule has 23 heavy (non-hydrogen) atoms. The number of aromatic nitrogens is 2. The predicted octanol–water partition coefficient (Wildman–Crippen LogP) is 2.60. The molecule has 1 atom stereocenters. The van der Waals surface area contributed by atoms with Crippen molar-refractivity contribution in [3.63, 3.8) is 0 Å². The van der Waals surface area contributed by atoms with Crippen molar-refractivity contribution < 1.29 is 4.79 Å². The maximum atomic E-state index is 12.5. The van der Waals surface area contributed by atoms with Crippen LogP contribution in [0.25, 0.3) is 0 Å². The molecule has 1 heterocycles. The number of anilines is 1. The number of carbonyl (C=O) groups excluding carboxylic acids is 1. The monoisotopic (exact) mass is 310 g/mol. The zero-order valence-corrected chi connectivity index (χ0v) is 13.6. The van der Waals surface area contributed by atoms with Crippen LogP contribution in [0.15, 0.2) is 36.7 Å². The maximum absolute atomic E-state index is 12.5. The number of aryl methyl sites for hydroxylation is 1. The largest absolute Gasteiger partial charge is 0.357 e. The second-order valence-corrected chi connectivity index (χ2v) is 6.05. The number of benzene rings is 1. The van der Waals surface area contributed by atoms with Crippen LogP contribution in [0.5, 0.6) is 0 Å². The third-order valence-electron chi connectivity index (χ3n) is 4.45. The summed E-state index contributed by atoms with van der Waals surface area (Å²) in [7, 11) is 3.62. The van der Waals surface area contributed by atoms with Crippen LogP contribution in [0.2, 0.25) is 0 Å². The van der Waals surface area contributed by atoms with Gasteiger partial charge in [0.05, 0.1) is 0 Å². The number of fused-ring (bicyclic) bond motifs is 1. The predicted molar refractivity (Wildman–Crippen MR) is 90.2 cm³/mol. The number of nitrogens with one attached hydrogen (secondary N) is 1. The van der Waals surface area contributed by atoms with E-state index in [0.717, 1.165) is 18.4 Å². The quantitative estimate of drug-likeness (QED) is 0.922. The van der Waals surface area contributed by atoms with Crippen molar-refractivity contribution in [3.8, 4) is 0 Å². The van der Waals surface area contributed by atoms with Gasteiger partial charge in [0, 0.05) is 45.0 Å². The molecule has 1 aliphatic carbocycles. The van der Waals surface area contributed by atoms with E-state index in [2.05, 4.69) is 39.6 Å². The minimum atomic E-state index is 0.171. The molecule has 0 aliphatic heterocycles. The minimum Gasteiger partial charge on any atom is -0.357 e. The summed E-state index contributed by atoms with van der Waals surface area (Å²) < 4.78 is 0. The highest BCUT2D eigenvalue weighted by Gasteiger charge is 2.25. The van der Waals surface area contributed by atoms with E-state index in [4.69, 9.17) is 0 Å². The Hall–Kier alpha value is -2.43. The zero-order valence-electron chi connectivity index (χ0n) is 13.6. The molecule has 0 unspecified atom stereocenters. The van der Waals surface area contributed by atoms with Gasteiger partial charge in [0.25, 0.3) is 0 Å². The number of rotatable bonds is 5. The summed E-state index contributed by atoms with van der Waals surface area (Å²) >= 11 is 0. The standard InChI is InChI=1S/C18H22N4O/c1-19-18-20-10-13(11-21-18)12-22(2)17(23)9-15-8-7-14-5-3-4-6-16(14)15/h3-6,10-11,15H,7-9,12H2,1-2H3,(H,19,20,21)/t15-/m0/s1. The molecule has 0 spiro atoms. The molecule has 5 heteroatoms. The van der Waals surface area contributed by atoms with Gasteiger partial charge in [-0.3, -0.25) is 4.79 Å².